The van der Waals surface area contributed by atoms with E-state index in [0.717, 1.165) is 19.9 Å². The Morgan fingerprint density at radius 1 is 1.44 bits per heavy atom. The summed E-state index contributed by atoms with van der Waals surface area (Å²) in [5, 5.41) is 38.6. The van der Waals surface area contributed by atoms with E-state index in [1.807, 2.05) is 0 Å². The lowest BCUT2D eigenvalue weighted by atomic mass is 9.73. The molecular weight excluding hydrogens is 246 g/mol. The average molecular weight is 257 g/mol. The van der Waals surface area contributed by atoms with Crippen LogP contribution in [-0.4, -0.2) is 37.7 Å². The second-order valence-electron chi connectivity index (χ2n) is 3.98. The van der Waals surface area contributed by atoms with Crippen molar-refractivity contribution in [1.82, 2.24) is 0 Å². The van der Waals surface area contributed by atoms with Crippen LogP contribution in [0.3, 0.4) is 0 Å². The van der Waals surface area contributed by atoms with Crippen molar-refractivity contribution >= 4 is 11.9 Å². The largest absolute Gasteiger partial charge is 0.511 e. The number of aliphatic carboxylic acids is 2. The van der Waals surface area contributed by atoms with E-state index in [0.29, 0.717) is 0 Å². The lowest BCUT2D eigenvalue weighted by Crippen LogP contribution is -2.55. The van der Waals surface area contributed by atoms with Crippen LogP contribution in [-0.2, 0) is 9.59 Å². The fourth-order valence-electron chi connectivity index (χ4n) is 2.08. The molecule has 0 radical (unpaired) electrons. The summed E-state index contributed by atoms with van der Waals surface area (Å²) in [6.07, 6.45) is 0.814. The molecule has 0 bridgehead atoms. The number of nitrogens with zero attached hydrogens (tertiary/aromatic N) is 1. The summed E-state index contributed by atoms with van der Waals surface area (Å²) in [4.78, 5) is 32.1. The Bertz CT molecular complexity index is 488. The number of carbonyl (C=O) groups is 2. The van der Waals surface area contributed by atoms with Crippen molar-refractivity contribution in [3.8, 4) is 0 Å². The van der Waals surface area contributed by atoms with Crippen molar-refractivity contribution in [2.45, 2.75) is 19.4 Å². The number of aliphatic hydroxyl groups excluding tert-OH is 1. The van der Waals surface area contributed by atoms with E-state index >= 15 is 0 Å². The minimum atomic E-state index is -2.54. The second kappa shape index (κ2) is 4.13. The summed E-state index contributed by atoms with van der Waals surface area (Å²) in [5.41, 5.74) is -3.32. The summed E-state index contributed by atoms with van der Waals surface area (Å²) in [6, 6.07) is 0. The first-order valence-electron chi connectivity index (χ1n) is 4.90. The number of hydrogen-bond donors (Lipinski definition) is 3. The van der Waals surface area contributed by atoms with E-state index in [-0.39, 0.29) is 5.57 Å². The highest BCUT2D eigenvalue weighted by Crippen LogP contribution is 2.39. The van der Waals surface area contributed by atoms with E-state index in [1.54, 1.807) is 0 Å². The van der Waals surface area contributed by atoms with E-state index in [4.69, 9.17) is 10.2 Å². The summed E-state index contributed by atoms with van der Waals surface area (Å²) in [7, 11) is 0. The molecule has 3 N–H and O–H groups in total. The fraction of sp³-hybridized carbons (Fsp3) is 0.400. The highest BCUT2D eigenvalue weighted by atomic mass is 16.6. The molecule has 0 heterocycles. The molecule has 8 nitrogen and oxygen atoms in total. The van der Waals surface area contributed by atoms with Crippen LogP contribution in [0.15, 0.2) is 23.0 Å². The monoisotopic (exact) mass is 257 g/mol. The third-order valence-corrected chi connectivity index (χ3v) is 3.12. The number of nitro groups is 1. The van der Waals surface area contributed by atoms with Crippen LogP contribution >= 0.6 is 0 Å². The van der Waals surface area contributed by atoms with Crippen molar-refractivity contribution in [1.29, 1.82) is 0 Å². The zero-order valence-corrected chi connectivity index (χ0v) is 9.58. The van der Waals surface area contributed by atoms with Gasteiger partial charge in [-0.3, -0.25) is 10.1 Å². The van der Waals surface area contributed by atoms with Crippen molar-refractivity contribution in [2.75, 3.05) is 0 Å². The molecule has 2 atom stereocenters. The molecule has 0 aromatic heterocycles. The first kappa shape index (κ1) is 13.7. The molecule has 18 heavy (non-hydrogen) atoms. The molecule has 0 spiro atoms. The topological polar surface area (TPSA) is 138 Å². The Labute approximate surface area is 101 Å². The third-order valence-electron chi connectivity index (χ3n) is 3.12. The van der Waals surface area contributed by atoms with Gasteiger partial charge in [0, 0.05) is 10.5 Å². The molecule has 1 aliphatic carbocycles. The van der Waals surface area contributed by atoms with Gasteiger partial charge in [-0.15, -0.1) is 0 Å². The number of carboxylic acid groups (broad SMARTS) is 2. The van der Waals surface area contributed by atoms with Gasteiger partial charge in [-0.25, -0.2) is 9.59 Å². The first-order valence-corrected chi connectivity index (χ1v) is 4.90. The molecule has 1 aliphatic rings. The molecule has 0 aromatic carbocycles. The fourth-order valence-corrected chi connectivity index (χ4v) is 2.08. The molecule has 0 fully saturated rings. The van der Waals surface area contributed by atoms with E-state index in [2.05, 4.69) is 0 Å². The van der Waals surface area contributed by atoms with Gasteiger partial charge in [0.2, 0.25) is 0 Å². The lowest BCUT2D eigenvalue weighted by Gasteiger charge is -2.30. The summed E-state index contributed by atoms with van der Waals surface area (Å²) < 4.78 is 0. The van der Waals surface area contributed by atoms with Gasteiger partial charge >= 0.3 is 17.5 Å². The number of hydrogen-bond acceptors (Lipinski definition) is 5. The van der Waals surface area contributed by atoms with Gasteiger partial charge in [0.05, 0.1) is 5.57 Å². The lowest BCUT2D eigenvalue weighted by molar-refractivity contribution is -0.552. The maximum Gasteiger partial charge on any atom is 0.387 e. The molecule has 98 valence electrons. The Morgan fingerprint density at radius 2 is 1.94 bits per heavy atom. The van der Waals surface area contributed by atoms with Gasteiger partial charge in [0.1, 0.15) is 11.7 Å². The smallest absolute Gasteiger partial charge is 0.387 e. The molecule has 1 rings (SSSR count). The van der Waals surface area contributed by atoms with Crippen LogP contribution in [0.2, 0.25) is 0 Å². The second-order valence-corrected chi connectivity index (χ2v) is 3.98. The average Bonchev–Trinajstić information content (AvgIpc) is 2.22. The zero-order valence-electron chi connectivity index (χ0n) is 9.58. The Morgan fingerprint density at radius 3 is 2.28 bits per heavy atom. The van der Waals surface area contributed by atoms with Crippen molar-refractivity contribution in [2.24, 2.45) is 5.92 Å². The minimum Gasteiger partial charge on any atom is -0.511 e. The standard InChI is InChI=1S/C10H11NO7/c1-4-3-6(8(13)14)7(12)5(2)10(4,9(15)16)11(17)18/h3,5,12H,1-2H3,(H,13,14)(H,15,16). The first-order chi connectivity index (χ1) is 8.17. The predicted molar refractivity (Wildman–Crippen MR) is 57.6 cm³/mol. The molecule has 8 heteroatoms. The maximum absolute atomic E-state index is 11.2. The summed E-state index contributed by atoms with van der Waals surface area (Å²) >= 11 is 0. The van der Waals surface area contributed by atoms with Crippen LogP contribution in [0.25, 0.3) is 0 Å². The SMILES string of the molecule is CC1=CC(C(=O)O)=C(O)C(C)C1(C(=O)O)[N+](=O)[O-]. The van der Waals surface area contributed by atoms with Gasteiger partial charge in [-0.2, -0.15) is 0 Å². The maximum atomic E-state index is 11.2. The van der Waals surface area contributed by atoms with Crippen LogP contribution in [0, 0.1) is 16.0 Å². The number of carboxylic acids is 2. The predicted octanol–water partition coefficient (Wildman–Crippen LogP) is 0.579. The molecule has 0 saturated carbocycles. The third kappa shape index (κ3) is 1.53. The number of rotatable bonds is 3. The van der Waals surface area contributed by atoms with Gasteiger partial charge in [0.15, 0.2) is 0 Å². The normalized spacial score (nSPS) is 27.7. The molecule has 2 unspecified atom stereocenters. The highest BCUT2D eigenvalue weighted by molar-refractivity contribution is 5.93. The molecule has 0 amide bonds. The Balaban J connectivity index is 3.57. The van der Waals surface area contributed by atoms with Gasteiger partial charge < -0.3 is 15.3 Å². The van der Waals surface area contributed by atoms with Crippen LogP contribution in [0.5, 0.6) is 0 Å². The van der Waals surface area contributed by atoms with E-state index in [9.17, 15) is 24.8 Å². The van der Waals surface area contributed by atoms with Gasteiger partial charge in [-0.05, 0) is 19.9 Å². The Kier molecular flexibility index (Phi) is 3.14. The van der Waals surface area contributed by atoms with E-state index in [1.165, 1.54) is 0 Å². The summed E-state index contributed by atoms with van der Waals surface area (Å²) in [6.45, 7) is 2.26. The Hall–Kier alpha value is -2.38. The van der Waals surface area contributed by atoms with Crippen LogP contribution < -0.4 is 0 Å². The van der Waals surface area contributed by atoms with Gasteiger partial charge in [-0.1, -0.05) is 0 Å². The van der Waals surface area contributed by atoms with E-state index < -0.39 is 39.7 Å². The number of aliphatic hydroxyl groups is 1. The minimum absolute atomic E-state index is 0.247. The van der Waals surface area contributed by atoms with Crippen molar-refractivity contribution in [3.63, 3.8) is 0 Å². The molecule has 0 saturated heterocycles. The van der Waals surface area contributed by atoms with Gasteiger partial charge in [0.25, 0.3) is 0 Å². The summed E-state index contributed by atoms with van der Waals surface area (Å²) in [5.74, 6) is -5.50. The molecular formula is C10H11NO7. The zero-order chi connectivity index (χ0) is 14.2. The van der Waals surface area contributed by atoms with Crippen molar-refractivity contribution in [3.05, 3.63) is 33.1 Å². The van der Waals surface area contributed by atoms with Crippen LogP contribution in [0.4, 0.5) is 0 Å². The molecule has 0 aromatic rings. The van der Waals surface area contributed by atoms with Crippen LogP contribution in [0.1, 0.15) is 13.8 Å². The highest BCUT2D eigenvalue weighted by Gasteiger charge is 2.61. The van der Waals surface area contributed by atoms with Crippen molar-refractivity contribution < 1.29 is 29.8 Å². The quantitative estimate of drug-likeness (QED) is 0.496. The molecule has 0 aliphatic heterocycles.